The zero-order valence-corrected chi connectivity index (χ0v) is 24.1. The molecule has 0 heterocycles. The summed E-state index contributed by atoms with van der Waals surface area (Å²) in [5.74, 6) is -1.20. The first-order valence-electron chi connectivity index (χ1n) is 12.5. The van der Waals surface area contributed by atoms with E-state index in [-0.39, 0.29) is 30.0 Å². The number of amides is 2. The molecule has 0 spiro atoms. The number of sulfonamides is 1. The topological polar surface area (TPSA) is 104 Å². The lowest BCUT2D eigenvalue weighted by Gasteiger charge is -2.33. The van der Waals surface area contributed by atoms with Crippen LogP contribution in [0.4, 0.5) is 5.69 Å². The van der Waals surface area contributed by atoms with Gasteiger partial charge in [0.2, 0.25) is 21.8 Å². The van der Waals surface area contributed by atoms with Gasteiger partial charge in [0.25, 0.3) is 0 Å². The molecule has 1 N–H and O–H groups in total. The van der Waals surface area contributed by atoms with E-state index in [4.69, 9.17) is 23.2 Å². The molecule has 0 radical (unpaired) electrons. The van der Waals surface area contributed by atoms with Crippen molar-refractivity contribution < 1.29 is 22.8 Å². The molecule has 2 aromatic carbocycles. The fourth-order valence-electron chi connectivity index (χ4n) is 4.50. The lowest BCUT2D eigenvalue weighted by Crippen LogP contribution is -2.53. The van der Waals surface area contributed by atoms with E-state index in [1.54, 1.807) is 37.3 Å². The summed E-state index contributed by atoms with van der Waals surface area (Å²) < 4.78 is 26.4. The number of hydrogen-bond acceptors (Lipinski definition) is 5. The Labute approximate surface area is 234 Å². The van der Waals surface area contributed by atoms with Crippen LogP contribution in [0.3, 0.4) is 0 Å². The molecule has 0 saturated heterocycles. The van der Waals surface area contributed by atoms with E-state index in [2.05, 4.69) is 5.32 Å². The van der Waals surface area contributed by atoms with Gasteiger partial charge in [0.1, 0.15) is 12.6 Å². The van der Waals surface area contributed by atoms with Gasteiger partial charge in [-0.1, -0.05) is 60.7 Å². The fourth-order valence-corrected chi connectivity index (χ4v) is 5.86. The molecule has 0 bridgehead atoms. The predicted octanol–water partition coefficient (Wildman–Crippen LogP) is 4.83. The highest BCUT2D eigenvalue weighted by Crippen LogP contribution is 2.27. The third-order valence-corrected chi connectivity index (χ3v) is 8.58. The normalized spacial score (nSPS) is 15.0. The van der Waals surface area contributed by atoms with Crippen LogP contribution in [-0.2, 0) is 26.2 Å². The van der Waals surface area contributed by atoms with Crippen molar-refractivity contribution in [2.75, 3.05) is 17.1 Å². The molecule has 38 heavy (non-hydrogen) atoms. The molecule has 1 saturated carbocycles. The van der Waals surface area contributed by atoms with Crippen LogP contribution in [0.25, 0.3) is 0 Å². The van der Waals surface area contributed by atoms with Crippen molar-refractivity contribution in [1.29, 1.82) is 0 Å². The van der Waals surface area contributed by atoms with Crippen molar-refractivity contribution >= 4 is 56.5 Å². The number of rotatable bonds is 10. The second-order valence-electron chi connectivity index (χ2n) is 9.62. The number of ketones is 1. The van der Waals surface area contributed by atoms with Crippen LogP contribution < -0.4 is 9.62 Å². The Morgan fingerprint density at radius 2 is 1.63 bits per heavy atom. The molecule has 1 aliphatic carbocycles. The van der Waals surface area contributed by atoms with Gasteiger partial charge in [-0.05, 0) is 51.0 Å². The molecular weight excluding hydrogens is 549 g/mol. The predicted molar refractivity (Wildman–Crippen MR) is 150 cm³/mol. The first kappa shape index (κ1) is 29.9. The van der Waals surface area contributed by atoms with Gasteiger partial charge in [-0.15, -0.1) is 0 Å². The van der Waals surface area contributed by atoms with Crippen LogP contribution in [0, 0.1) is 0 Å². The van der Waals surface area contributed by atoms with Gasteiger partial charge >= 0.3 is 0 Å². The summed E-state index contributed by atoms with van der Waals surface area (Å²) in [6.45, 7) is 2.30. The molecule has 2 aromatic rings. The van der Waals surface area contributed by atoms with Crippen molar-refractivity contribution in [1.82, 2.24) is 10.2 Å². The quantitative estimate of drug-likeness (QED) is 0.405. The van der Waals surface area contributed by atoms with E-state index in [9.17, 15) is 22.8 Å². The molecule has 1 atom stereocenters. The maximum Gasteiger partial charge on any atom is 0.244 e. The number of hydrogen-bond donors (Lipinski definition) is 1. The smallest absolute Gasteiger partial charge is 0.244 e. The van der Waals surface area contributed by atoms with E-state index < -0.39 is 28.5 Å². The molecule has 0 aromatic heterocycles. The number of carbonyl (C=O) groups excluding carboxylic acids is 3. The Bertz CT molecular complexity index is 1280. The fraction of sp³-hybridized carbons (Fsp3) is 0.444. The van der Waals surface area contributed by atoms with Gasteiger partial charge < -0.3 is 10.2 Å². The zero-order chi connectivity index (χ0) is 28.0. The summed E-state index contributed by atoms with van der Waals surface area (Å²) >= 11 is 12.8. The highest BCUT2D eigenvalue weighted by molar-refractivity contribution is 7.92. The molecule has 2 amide bonds. The monoisotopic (exact) mass is 581 g/mol. The highest BCUT2D eigenvalue weighted by Gasteiger charge is 2.32. The number of carbonyl (C=O) groups is 3. The maximum atomic E-state index is 13.7. The third-order valence-electron chi connectivity index (χ3n) is 6.73. The van der Waals surface area contributed by atoms with E-state index >= 15 is 0 Å². The number of Topliss-reactive ketones (excluding diaryl/α,β-unsaturated/α-hetero) is 1. The van der Waals surface area contributed by atoms with Crippen molar-refractivity contribution in [3.8, 4) is 0 Å². The Morgan fingerprint density at radius 3 is 2.21 bits per heavy atom. The number of nitrogens with one attached hydrogen (secondary N) is 1. The Kier molecular flexibility index (Phi) is 10.2. The summed E-state index contributed by atoms with van der Waals surface area (Å²) in [5.41, 5.74) is 0.929. The molecule has 11 heteroatoms. The van der Waals surface area contributed by atoms with E-state index in [0.717, 1.165) is 42.7 Å². The highest BCUT2D eigenvalue weighted by atomic mass is 35.5. The molecule has 1 aliphatic rings. The van der Waals surface area contributed by atoms with Crippen LogP contribution in [0.2, 0.25) is 10.0 Å². The van der Waals surface area contributed by atoms with E-state index in [1.165, 1.54) is 24.0 Å². The summed E-state index contributed by atoms with van der Waals surface area (Å²) in [6, 6.07) is 10.1. The molecule has 1 fully saturated rings. The maximum absolute atomic E-state index is 13.7. The second-order valence-corrected chi connectivity index (χ2v) is 12.3. The average molecular weight is 583 g/mol. The Morgan fingerprint density at radius 1 is 1.03 bits per heavy atom. The van der Waals surface area contributed by atoms with E-state index in [0.29, 0.717) is 21.2 Å². The summed E-state index contributed by atoms with van der Waals surface area (Å²) in [6.07, 6.45) is 5.91. The third kappa shape index (κ3) is 7.71. The van der Waals surface area contributed by atoms with Gasteiger partial charge in [0.15, 0.2) is 5.78 Å². The number of halogens is 2. The SMILES string of the molecule is CC(=O)c1cccc(N(CC(=O)N(Cc2c(Cl)cccc2Cl)[C@@H](C)C(=O)NC2CCCCC2)S(C)(=O)=O)c1. The second kappa shape index (κ2) is 13.0. The van der Waals surface area contributed by atoms with Gasteiger partial charge in [-0.2, -0.15) is 0 Å². The molecule has 8 nitrogen and oxygen atoms in total. The Hall–Kier alpha value is -2.62. The summed E-state index contributed by atoms with van der Waals surface area (Å²) in [7, 11) is -3.92. The zero-order valence-electron chi connectivity index (χ0n) is 21.7. The lowest BCUT2D eigenvalue weighted by atomic mass is 9.95. The van der Waals surface area contributed by atoms with Crippen molar-refractivity contribution in [3.63, 3.8) is 0 Å². The minimum Gasteiger partial charge on any atom is -0.352 e. The standard InChI is InChI=1S/C27H33Cl2N3O5S/c1-18(27(35)30-21-10-5-4-6-11-21)31(16-23-24(28)13-8-14-25(23)29)26(34)17-32(38(3,36)37)22-12-7-9-20(15-22)19(2)33/h7-9,12-15,18,21H,4-6,10-11,16-17H2,1-3H3,(H,30,35)/t18-/m0/s1. The minimum absolute atomic E-state index is 0.0291. The summed E-state index contributed by atoms with van der Waals surface area (Å²) in [5, 5.41) is 3.68. The van der Waals surface area contributed by atoms with Gasteiger partial charge in [0.05, 0.1) is 11.9 Å². The minimum atomic E-state index is -3.92. The van der Waals surface area contributed by atoms with Gasteiger partial charge in [-0.3, -0.25) is 18.7 Å². The van der Waals surface area contributed by atoms with Crippen LogP contribution in [0.5, 0.6) is 0 Å². The van der Waals surface area contributed by atoms with Crippen molar-refractivity contribution in [3.05, 3.63) is 63.6 Å². The Balaban J connectivity index is 1.94. The number of nitrogens with zero attached hydrogens (tertiary/aromatic N) is 2. The number of benzene rings is 2. The lowest BCUT2D eigenvalue weighted by molar-refractivity contribution is -0.139. The van der Waals surface area contributed by atoms with E-state index in [1.807, 2.05) is 0 Å². The van der Waals surface area contributed by atoms with Crippen molar-refractivity contribution in [2.45, 2.75) is 64.6 Å². The molecule has 0 unspecified atom stereocenters. The van der Waals surface area contributed by atoms with Gasteiger partial charge in [0, 0.05) is 33.8 Å². The molecular formula is C27H33Cl2N3O5S. The average Bonchev–Trinajstić information content (AvgIpc) is 2.86. The van der Waals surface area contributed by atoms with Crippen LogP contribution in [0.1, 0.15) is 61.9 Å². The van der Waals surface area contributed by atoms with Crippen molar-refractivity contribution in [2.24, 2.45) is 0 Å². The summed E-state index contributed by atoms with van der Waals surface area (Å²) in [4.78, 5) is 40.2. The van der Waals surface area contributed by atoms with Crippen LogP contribution in [-0.4, -0.2) is 55.8 Å². The van der Waals surface area contributed by atoms with Crippen LogP contribution in [0.15, 0.2) is 42.5 Å². The first-order valence-corrected chi connectivity index (χ1v) is 15.1. The molecule has 3 rings (SSSR count). The first-order chi connectivity index (χ1) is 17.9. The number of anilines is 1. The van der Waals surface area contributed by atoms with Crippen LogP contribution >= 0.6 is 23.2 Å². The molecule has 0 aliphatic heterocycles. The largest absolute Gasteiger partial charge is 0.352 e. The van der Waals surface area contributed by atoms with Gasteiger partial charge in [-0.25, -0.2) is 8.42 Å². The molecule has 206 valence electrons.